The monoisotopic (exact) mass is 253 g/mol. The van der Waals surface area contributed by atoms with Gasteiger partial charge in [-0.15, -0.1) is 0 Å². The van der Waals surface area contributed by atoms with Crippen molar-refractivity contribution in [2.75, 3.05) is 13.6 Å². The Labute approximate surface area is 111 Å². The van der Waals surface area contributed by atoms with Crippen LogP contribution in [0.15, 0.2) is 0 Å². The summed E-state index contributed by atoms with van der Waals surface area (Å²) in [5.74, 6) is 0.292. The van der Waals surface area contributed by atoms with Gasteiger partial charge in [-0.2, -0.15) is 0 Å². The van der Waals surface area contributed by atoms with E-state index in [-0.39, 0.29) is 12.2 Å². The average molecular weight is 253 g/mol. The van der Waals surface area contributed by atoms with Gasteiger partial charge in [-0.3, -0.25) is 15.0 Å². The summed E-state index contributed by atoms with van der Waals surface area (Å²) in [4.78, 5) is 16.7. The molecule has 0 aromatic rings. The van der Waals surface area contributed by atoms with Gasteiger partial charge in [0.15, 0.2) is 0 Å². The molecule has 0 aromatic heterocycles. The molecule has 0 radical (unpaired) electrons. The third-order valence-corrected chi connectivity index (χ3v) is 4.35. The Morgan fingerprint density at radius 2 is 2.17 bits per heavy atom. The first-order valence-corrected chi connectivity index (χ1v) is 7.33. The molecule has 0 aromatic carbocycles. The molecule has 1 saturated heterocycles. The van der Waals surface area contributed by atoms with Crippen LogP contribution in [0.1, 0.15) is 46.5 Å². The number of carbonyl (C=O) groups is 1. The van der Waals surface area contributed by atoms with E-state index < -0.39 is 0 Å². The van der Waals surface area contributed by atoms with E-state index >= 15 is 0 Å². The Morgan fingerprint density at radius 1 is 1.50 bits per heavy atom. The summed E-state index contributed by atoms with van der Waals surface area (Å²) in [5.41, 5.74) is 0. The second-order valence-corrected chi connectivity index (χ2v) is 5.92. The maximum atomic E-state index is 12.3. The lowest BCUT2D eigenvalue weighted by atomic mass is 10.1. The highest BCUT2D eigenvalue weighted by atomic mass is 16.2. The summed E-state index contributed by atoms with van der Waals surface area (Å²) in [5, 5.41) is 3.40. The SMILES string of the molecule is CCCC1NC(C)N(CC(C)N(C)C2CC2)C1=O. The van der Waals surface area contributed by atoms with Gasteiger partial charge < -0.3 is 4.90 Å². The van der Waals surface area contributed by atoms with Crippen LogP contribution in [0.25, 0.3) is 0 Å². The van der Waals surface area contributed by atoms with Gasteiger partial charge in [0.25, 0.3) is 0 Å². The Hall–Kier alpha value is -0.610. The lowest BCUT2D eigenvalue weighted by Crippen LogP contribution is -2.45. The lowest BCUT2D eigenvalue weighted by Gasteiger charge is -2.30. The van der Waals surface area contributed by atoms with Crippen molar-refractivity contribution >= 4 is 5.91 Å². The number of rotatable bonds is 6. The fraction of sp³-hybridized carbons (Fsp3) is 0.929. The first-order valence-electron chi connectivity index (χ1n) is 7.33. The largest absolute Gasteiger partial charge is 0.325 e. The minimum absolute atomic E-state index is 0.0448. The zero-order valence-corrected chi connectivity index (χ0v) is 12.1. The third-order valence-electron chi connectivity index (χ3n) is 4.35. The van der Waals surface area contributed by atoms with E-state index in [4.69, 9.17) is 0 Å². The minimum Gasteiger partial charge on any atom is -0.325 e. The maximum absolute atomic E-state index is 12.3. The summed E-state index contributed by atoms with van der Waals surface area (Å²) < 4.78 is 0. The molecule has 1 saturated carbocycles. The number of amides is 1. The molecule has 18 heavy (non-hydrogen) atoms. The van der Waals surface area contributed by atoms with E-state index in [0.29, 0.717) is 11.9 Å². The van der Waals surface area contributed by atoms with Crippen LogP contribution in [0.3, 0.4) is 0 Å². The van der Waals surface area contributed by atoms with E-state index in [1.54, 1.807) is 0 Å². The van der Waals surface area contributed by atoms with Gasteiger partial charge in [-0.25, -0.2) is 0 Å². The fourth-order valence-electron chi connectivity index (χ4n) is 2.84. The van der Waals surface area contributed by atoms with Crippen LogP contribution >= 0.6 is 0 Å². The zero-order valence-electron chi connectivity index (χ0n) is 12.1. The van der Waals surface area contributed by atoms with Crippen molar-refractivity contribution in [3.8, 4) is 0 Å². The van der Waals surface area contributed by atoms with Gasteiger partial charge in [0, 0.05) is 18.6 Å². The number of hydrogen-bond donors (Lipinski definition) is 1. The molecule has 2 rings (SSSR count). The van der Waals surface area contributed by atoms with Crippen molar-refractivity contribution in [1.82, 2.24) is 15.1 Å². The molecular weight excluding hydrogens is 226 g/mol. The maximum Gasteiger partial charge on any atom is 0.241 e. The van der Waals surface area contributed by atoms with Gasteiger partial charge in [0.1, 0.15) is 0 Å². The molecule has 1 amide bonds. The van der Waals surface area contributed by atoms with Crippen molar-refractivity contribution in [1.29, 1.82) is 0 Å². The molecule has 0 spiro atoms. The molecule has 4 nitrogen and oxygen atoms in total. The summed E-state index contributed by atoms with van der Waals surface area (Å²) in [6.45, 7) is 7.30. The molecular formula is C14H27N3O. The zero-order chi connectivity index (χ0) is 13.3. The topological polar surface area (TPSA) is 35.6 Å². The van der Waals surface area contributed by atoms with Crippen LogP contribution in [0.2, 0.25) is 0 Å². The standard InChI is InChI=1S/C14H27N3O/c1-5-6-13-14(18)17(11(3)15-13)9-10(2)16(4)12-7-8-12/h10-13,15H,5-9H2,1-4H3. The number of carbonyl (C=O) groups excluding carboxylic acids is 1. The van der Waals surface area contributed by atoms with Crippen LogP contribution in [0, 0.1) is 0 Å². The summed E-state index contributed by atoms with van der Waals surface area (Å²) in [6, 6.07) is 1.25. The smallest absolute Gasteiger partial charge is 0.241 e. The average Bonchev–Trinajstić information content (AvgIpc) is 3.13. The highest BCUT2D eigenvalue weighted by molar-refractivity contribution is 5.84. The van der Waals surface area contributed by atoms with Crippen LogP contribution in [-0.2, 0) is 4.79 Å². The van der Waals surface area contributed by atoms with Gasteiger partial charge in [-0.1, -0.05) is 13.3 Å². The van der Waals surface area contributed by atoms with E-state index in [2.05, 4.69) is 38.0 Å². The van der Waals surface area contributed by atoms with Crippen molar-refractivity contribution in [3.05, 3.63) is 0 Å². The van der Waals surface area contributed by atoms with Crippen LogP contribution < -0.4 is 5.32 Å². The predicted octanol–water partition coefficient (Wildman–Crippen LogP) is 1.42. The molecule has 2 aliphatic rings. The van der Waals surface area contributed by atoms with Crippen molar-refractivity contribution < 1.29 is 4.79 Å². The van der Waals surface area contributed by atoms with Crippen LogP contribution in [0.4, 0.5) is 0 Å². The molecule has 2 fully saturated rings. The molecule has 4 heteroatoms. The van der Waals surface area contributed by atoms with E-state index in [1.165, 1.54) is 12.8 Å². The molecule has 3 atom stereocenters. The molecule has 0 bridgehead atoms. The molecule has 1 aliphatic carbocycles. The van der Waals surface area contributed by atoms with Crippen LogP contribution in [0.5, 0.6) is 0 Å². The fourth-order valence-corrected chi connectivity index (χ4v) is 2.84. The number of nitrogens with one attached hydrogen (secondary N) is 1. The Morgan fingerprint density at radius 3 is 2.72 bits per heavy atom. The minimum atomic E-state index is 0.0448. The molecule has 1 heterocycles. The molecule has 1 aliphatic heterocycles. The van der Waals surface area contributed by atoms with Gasteiger partial charge in [0.05, 0.1) is 12.2 Å². The predicted molar refractivity (Wildman–Crippen MR) is 73.3 cm³/mol. The van der Waals surface area contributed by atoms with Gasteiger partial charge in [0.2, 0.25) is 5.91 Å². The Bertz CT molecular complexity index is 303. The molecule has 3 unspecified atom stereocenters. The number of nitrogens with zero attached hydrogens (tertiary/aromatic N) is 2. The molecule has 104 valence electrons. The Balaban J connectivity index is 1.89. The quantitative estimate of drug-likeness (QED) is 0.777. The highest BCUT2D eigenvalue weighted by Crippen LogP contribution is 2.27. The number of hydrogen-bond acceptors (Lipinski definition) is 3. The second-order valence-electron chi connectivity index (χ2n) is 5.92. The Kier molecular flexibility index (Phi) is 4.28. The van der Waals surface area contributed by atoms with E-state index in [0.717, 1.165) is 25.4 Å². The summed E-state index contributed by atoms with van der Waals surface area (Å²) in [7, 11) is 2.19. The molecule has 1 N–H and O–H groups in total. The van der Waals surface area contributed by atoms with Crippen molar-refractivity contribution in [2.45, 2.75) is 70.7 Å². The first kappa shape index (κ1) is 13.8. The van der Waals surface area contributed by atoms with Crippen molar-refractivity contribution in [3.63, 3.8) is 0 Å². The summed E-state index contributed by atoms with van der Waals surface area (Å²) in [6.07, 6.45) is 4.83. The van der Waals surface area contributed by atoms with Gasteiger partial charge >= 0.3 is 0 Å². The third kappa shape index (κ3) is 2.86. The second kappa shape index (κ2) is 5.57. The van der Waals surface area contributed by atoms with E-state index in [1.807, 2.05) is 4.90 Å². The lowest BCUT2D eigenvalue weighted by molar-refractivity contribution is -0.130. The first-order chi connectivity index (χ1) is 8.54. The highest BCUT2D eigenvalue weighted by Gasteiger charge is 2.38. The van der Waals surface area contributed by atoms with Crippen molar-refractivity contribution in [2.24, 2.45) is 0 Å². The van der Waals surface area contributed by atoms with Gasteiger partial charge in [-0.05, 0) is 40.2 Å². The normalized spacial score (nSPS) is 30.3. The number of likely N-dealkylation sites (N-methyl/N-ethyl adjacent to an activating group) is 1. The van der Waals surface area contributed by atoms with E-state index in [9.17, 15) is 4.79 Å². The van der Waals surface area contributed by atoms with Crippen LogP contribution in [-0.4, -0.2) is 53.6 Å². The summed E-state index contributed by atoms with van der Waals surface area (Å²) >= 11 is 0.